The number of hydrogen-bond donors (Lipinski definition) is 2. The van der Waals surface area contributed by atoms with E-state index in [0.29, 0.717) is 17.3 Å². The third-order valence-corrected chi connectivity index (χ3v) is 4.76. The molecule has 9 nitrogen and oxygen atoms in total. The summed E-state index contributed by atoms with van der Waals surface area (Å²) in [6.07, 6.45) is -4.72. The standard InChI is InChI=1S/C17H11F3N4O5S/c18-17(19,20)10-4-5-13(12(7-10)24(27)28)30-8-14(25)21-11-3-1-2-9(6-11)15-22-16(26)29-23-15/h1-7H,8H2,(H,21,25)(H,22,23,26). The summed E-state index contributed by atoms with van der Waals surface area (Å²) in [5.41, 5.74) is -1.07. The van der Waals surface area contributed by atoms with E-state index in [1.54, 1.807) is 18.2 Å². The molecular formula is C17H11F3N4O5S. The normalized spacial score (nSPS) is 11.3. The average Bonchev–Trinajstić information content (AvgIpc) is 3.12. The van der Waals surface area contributed by atoms with Gasteiger partial charge in [-0.2, -0.15) is 13.2 Å². The third-order valence-electron chi connectivity index (χ3n) is 3.70. The zero-order valence-electron chi connectivity index (χ0n) is 14.7. The number of carbonyl (C=O) groups excluding carboxylic acids is 1. The minimum Gasteiger partial charge on any atom is -0.325 e. The highest BCUT2D eigenvalue weighted by Gasteiger charge is 2.33. The van der Waals surface area contributed by atoms with Crippen LogP contribution in [0.4, 0.5) is 24.5 Å². The lowest BCUT2D eigenvalue weighted by Crippen LogP contribution is -2.14. The number of H-pyrrole nitrogens is 1. The van der Waals surface area contributed by atoms with Crippen LogP contribution in [0.2, 0.25) is 0 Å². The summed E-state index contributed by atoms with van der Waals surface area (Å²) in [7, 11) is 0. The fraction of sp³-hybridized carbons (Fsp3) is 0.118. The fourth-order valence-electron chi connectivity index (χ4n) is 2.40. The predicted octanol–water partition coefficient (Wildman–Crippen LogP) is 3.69. The van der Waals surface area contributed by atoms with Gasteiger partial charge in [0.15, 0.2) is 5.82 Å². The van der Waals surface area contributed by atoms with E-state index in [2.05, 4.69) is 20.0 Å². The zero-order chi connectivity index (χ0) is 21.9. The van der Waals surface area contributed by atoms with Gasteiger partial charge in [0.1, 0.15) is 0 Å². The van der Waals surface area contributed by atoms with E-state index in [1.807, 2.05) is 0 Å². The number of amides is 1. The summed E-state index contributed by atoms with van der Waals surface area (Å²) in [5, 5.41) is 17.2. The van der Waals surface area contributed by atoms with Crippen LogP contribution in [0, 0.1) is 10.1 Å². The maximum absolute atomic E-state index is 12.8. The Labute approximate surface area is 169 Å². The minimum absolute atomic E-state index is 0.0722. The summed E-state index contributed by atoms with van der Waals surface area (Å²) in [5.74, 6) is -1.41. The molecule has 1 heterocycles. The maximum Gasteiger partial charge on any atom is 0.439 e. The first-order valence-electron chi connectivity index (χ1n) is 8.08. The molecule has 1 amide bonds. The van der Waals surface area contributed by atoms with E-state index in [-0.39, 0.29) is 16.5 Å². The lowest BCUT2D eigenvalue weighted by Gasteiger charge is -2.09. The molecule has 0 fully saturated rings. The monoisotopic (exact) mass is 440 g/mol. The van der Waals surface area contributed by atoms with E-state index in [4.69, 9.17) is 0 Å². The number of hydrogen-bond acceptors (Lipinski definition) is 7. The molecule has 0 saturated carbocycles. The number of nitrogens with one attached hydrogen (secondary N) is 2. The number of nitro groups is 1. The van der Waals surface area contributed by atoms with E-state index in [1.165, 1.54) is 6.07 Å². The zero-order valence-corrected chi connectivity index (χ0v) is 15.5. The van der Waals surface area contributed by atoms with Crippen LogP contribution in [0.5, 0.6) is 0 Å². The summed E-state index contributed by atoms with van der Waals surface area (Å²) in [6.45, 7) is 0. The molecule has 156 valence electrons. The molecule has 0 aliphatic heterocycles. The van der Waals surface area contributed by atoms with Crippen LogP contribution in [0.25, 0.3) is 11.4 Å². The molecule has 30 heavy (non-hydrogen) atoms. The largest absolute Gasteiger partial charge is 0.439 e. The number of thioether (sulfide) groups is 1. The lowest BCUT2D eigenvalue weighted by molar-refractivity contribution is -0.388. The van der Waals surface area contributed by atoms with Crippen LogP contribution < -0.4 is 11.1 Å². The van der Waals surface area contributed by atoms with Crippen molar-refractivity contribution in [1.82, 2.24) is 10.1 Å². The van der Waals surface area contributed by atoms with Gasteiger partial charge in [0.2, 0.25) is 5.91 Å². The Morgan fingerprint density at radius 3 is 2.67 bits per heavy atom. The van der Waals surface area contributed by atoms with Gasteiger partial charge in [-0.05, 0) is 24.3 Å². The van der Waals surface area contributed by atoms with Gasteiger partial charge in [0.05, 0.1) is 21.1 Å². The van der Waals surface area contributed by atoms with Gasteiger partial charge in [0, 0.05) is 17.3 Å². The van der Waals surface area contributed by atoms with Gasteiger partial charge >= 0.3 is 11.9 Å². The van der Waals surface area contributed by atoms with Crippen molar-refractivity contribution in [3.8, 4) is 11.4 Å². The Bertz CT molecular complexity index is 1160. The van der Waals surface area contributed by atoms with Crippen molar-refractivity contribution < 1.29 is 27.4 Å². The predicted molar refractivity (Wildman–Crippen MR) is 100 cm³/mol. The second-order valence-electron chi connectivity index (χ2n) is 5.80. The maximum atomic E-state index is 12.8. The van der Waals surface area contributed by atoms with Crippen LogP contribution in [0.15, 0.2) is 56.7 Å². The number of alkyl halides is 3. The van der Waals surface area contributed by atoms with Gasteiger partial charge in [-0.25, -0.2) is 4.79 Å². The average molecular weight is 440 g/mol. The Morgan fingerprint density at radius 2 is 2.03 bits per heavy atom. The van der Waals surface area contributed by atoms with Gasteiger partial charge < -0.3 is 5.32 Å². The van der Waals surface area contributed by atoms with Crippen LogP contribution in [-0.2, 0) is 11.0 Å². The number of nitrogens with zero attached hydrogens (tertiary/aromatic N) is 2. The SMILES string of the molecule is O=C(CSc1ccc(C(F)(F)F)cc1[N+](=O)[O-])Nc1cccc(-c2noc(=O)[nH]2)c1. The highest BCUT2D eigenvalue weighted by molar-refractivity contribution is 8.00. The van der Waals surface area contributed by atoms with Gasteiger partial charge in [-0.15, -0.1) is 11.8 Å². The molecule has 0 atom stereocenters. The van der Waals surface area contributed by atoms with Crippen molar-refractivity contribution in [3.05, 3.63) is 68.7 Å². The van der Waals surface area contributed by atoms with Crippen LogP contribution in [0.3, 0.4) is 0 Å². The van der Waals surface area contributed by atoms with Gasteiger partial charge in [-0.1, -0.05) is 17.3 Å². The van der Waals surface area contributed by atoms with E-state index < -0.39 is 34.0 Å². The molecule has 1 aromatic heterocycles. The summed E-state index contributed by atoms with van der Waals surface area (Å²) in [4.78, 5) is 35.6. The van der Waals surface area contributed by atoms with Crippen molar-refractivity contribution in [1.29, 1.82) is 0 Å². The second-order valence-corrected chi connectivity index (χ2v) is 6.82. The molecule has 0 spiro atoms. The lowest BCUT2D eigenvalue weighted by atomic mass is 10.2. The van der Waals surface area contributed by atoms with Crippen LogP contribution in [-0.4, -0.2) is 26.7 Å². The highest BCUT2D eigenvalue weighted by Crippen LogP contribution is 2.36. The number of rotatable bonds is 6. The number of benzene rings is 2. The molecule has 0 aliphatic carbocycles. The summed E-state index contributed by atoms with van der Waals surface area (Å²) >= 11 is 0.730. The van der Waals surface area contributed by atoms with E-state index >= 15 is 0 Å². The summed E-state index contributed by atoms with van der Waals surface area (Å²) < 4.78 is 42.7. The number of aromatic nitrogens is 2. The molecule has 2 N–H and O–H groups in total. The molecular weight excluding hydrogens is 429 g/mol. The Kier molecular flexibility index (Phi) is 5.91. The Balaban J connectivity index is 1.69. The molecule has 0 saturated heterocycles. The molecule has 0 radical (unpaired) electrons. The summed E-state index contributed by atoms with van der Waals surface area (Å²) in [6, 6.07) is 8.38. The van der Waals surface area contributed by atoms with Crippen molar-refractivity contribution in [3.63, 3.8) is 0 Å². The molecule has 0 bridgehead atoms. The fourth-order valence-corrected chi connectivity index (χ4v) is 3.20. The van der Waals surface area contributed by atoms with Crippen LogP contribution >= 0.6 is 11.8 Å². The number of nitro benzene ring substituents is 1. The Morgan fingerprint density at radius 1 is 1.27 bits per heavy atom. The van der Waals surface area contributed by atoms with E-state index in [0.717, 1.165) is 23.9 Å². The smallest absolute Gasteiger partial charge is 0.325 e. The van der Waals surface area contributed by atoms with E-state index in [9.17, 15) is 32.9 Å². The van der Waals surface area contributed by atoms with Crippen molar-refractivity contribution in [2.75, 3.05) is 11.1 Å². The van der Waals surface area contributed by atoms with Crippen molar-refractivity contribution >= 4 is 29.0 Å². The molecule has 0 unspecified atom stereocenters. The molecule has 13 heteroatoms. The minimum atomic E-state index is -4.72. The quantitative estimate of drug-likeness (QED) is 0.339. The van der Waals surface area contributed by atoms with Gasteiger partial charge in [0.25, 0.3) is 5.69 Å². The molecule has 0 aliphatic rings. The first-order valence-corrected chi connectivity index (χ1v) is 9.07. The number of halogens is 3. The van der Waals surface area contributed by atoms with Crippen molar-refractivity contribution in [2.45, 2.75) is 11.1 Å². The first kappa shape index (κ1) is 21.1. The topological polar surface area (TPSA) is 131 Å². The number of anilines is 1. The van der Waals surface area contributed by atoms with Crippen molar-refractivity contribution in [2.24, 2.45) is 0 Å². The highest BCUT2D eigenvalue weighted by atomic mass is 32.2. The third kappa shape index (κ3) is 5.05. The van der Waals surface area contributed by atoms with Crippen LogP contribution in [0.1, 0.15) is 5.56 Å². The van der Waals surface area contributed by atoms with Gasteiger partial charge in [-0.3, -0.25) is 24.4 Å². The Hall–Kier alpha value is -3.61. The molecule has 2 aromatic carbocycles. The number of aromatic amines is 1. The second kappa shape index (κ2) is 8.41. The number of carbonyl (C=O) groups is 1. The first-order chi connectivity index (χ1) is 14.1. The molecule has 3 aromatic rings. The molecule has 3 rings (SSSR count).